The Labute approximate surface area is 418 Å². The molecule has 346 valence electrons. The van der Waals surface area contributed by atoms with E-state index in [0.717, 1.165) is 6.42 Å². The first-order valence-corrected chi connectivity index (χ1v) is 26.6. The van der Waals surface area contributed by atoms with Crippen molar-refractivity contribution in [3.63, 3.8) is 0 Å². The largest absolute Gasteiger partial charge is 0.334 e. The van der Waals surface area contributed by atoms with Crippen LogP contribution in [0.4, 0.5) is 22.7 Å². The molecule has 4 unspecified atom stereocenters. The van der Waals surface area contributed by atoms with Crippen LogP contribution in [0.25, 0.3) is 76.5 Å². The lowest BCUT2D eigenvalue weighted by Crippen LogP contribution is -2.54. The Morgan fingerprint density at radius 2 is 0.831 bits per heavy atom. The molecule has 0 N–H and O–H groups in total. The van der Waals surface area contributed by atoms with Gasteiger partial charge in [0.15, 0.2) is 0 Å². The van der Waals surface area contributed by atoms with Crippen molar-refractivity contribution in [2.75, 3.05) is 9.80 Å². The molecule has 15 rings (SSSR count). The van der Waals surface area contributed by atoms with E-state index in [0.29, 0.717) is 0 Å². The van der Waals surface area contributed by atoms with E-state index in [1.807, 2.05) is 0 Å². The van der Waals surface area contributed by atoms with Crippen molar-refractivity contribution in [1.82, 2.24) is 0 Å². The van der Waals surface area contributed by atoms with Crippen LogP contribution >= 0.6 is 0 Å². The fourth-order valence-corrected chi connectivity index (χ4v) is 15.8. The molecule has 0 saturated heterocycles. The van der Waals surface area contributed by atoms with Crippen molar-refractivity contribution in [2.24, 2.45) is 0 Å². The van der Waals surface area contributed by atoms with Gasteiger partial charge in [-0.3, -0.25) is 0 Å². The molecule has 2 fully saturated rings. The molecular formula is C69H60N2. The summed E-state index contributed by atoms with van der Waals surface area (Å²) < 4.78 is 0. The molecule has 2 nitrogen and oxygen atoms in total. The van der Waals surface area contributed by atoms with Crippen LogP contribution < -0.4 is 9.80 Å². The number of hydrogen-bond donors (Lipinski definition) is 0. The fraction of sp³-hybridized carbons (Fsp3) is 0.246. The molecular weight excluding hydrogens is 857 g/mol. The molecule has 0 bridgehead atoms. The van der Waals surface area contributed by atoms with Gasteiger partial charge in [0.1, 0.15) is 0 Å². The second-order valence-electron chi connectivity index (χ2n) is 22.9. The predicted molar refractivity (Wildman–Crippen MR) is 301 cm³/mol. The number of hydrogen-bond acceptors (Lipinski definition) is 2. The number of benzene rings is 10. The van der Waals surface area contributed by atoms with Crippen molar-refractivity contribution in [1.29, 1.82) is 0 Å². The number of para-hydroxylation sites is 2. The molecule has 0 amide bonds. The summed E-state index contributed by atoms with van der Waals surface area (Å²) in [4.78, 5) is 5.48. The van der Waals surface area contributed by atoms with Crippen LogP contribution in [-0.4, -0.2) is 11.1 Å². The first-order valence-electron chi connectivity index (χ1n) is 26.6. The van der Waals surface area contributed by atoms with Gasteiger partial charge in [-0.1, -0.05) is 185 Å². The Morgan fingerprint density at radius 1 is 0.352 bits per heavy atom. The molecule has 10 aromatic rings. The highest BCUT2D eigenvalue weighted by atomic mass is 15.3. The lowest BCUT2D eigenvalue weighted by molar-refractivity contribution is 0.195. The molecule has 5 aliphatic rings. The van der Waals surface area contributed by atoms with Crippen molar-refractivity contribution < 1.29 is 0 Å². The molecule has 3 aliphatic carbocycles. The number of nitrogens with zero attached hydrogens (tertiary/aromatic N) is 2. The molecule has 2 heterocycles. The summed E-state index contributed by atoms with van der Waals surface area (Å²) in [5, 5.41) is 10.8. The summed E-state index contributed by atoms with van der Waals surface area (Å²) in [5.41, 5.74) is 19.5. The van der Waals surface area contributed by atoms with Gasteiger partial charge in [0, 0.05) is 33.0 Å². The van der Waals surface area contributed by atoms with E-state index in [1.165, 1.54) is 173 Å². The highest BCUT2D eigenvalue weighted by Crippen LogP contribution is 2.64. The highest BCUT2D eigenvalue weighted by molar-refractivity contribution is 6.19. The Kier molecular flexibility index (Phi) is 8.62. The van der Waals surface area contributed by atoms with E-state index in [4.69, 9.17) is 0 Å². The fourth-order valence-electron chi connectivity index (χ4n) is 15.8. The van der Waals surface area contributed by atoms with Gasteiger partial charge >= 0.3 is 0 Å². The maximum absolute atomic E-state index is 2.74. The quantitative estimate of drug-likeness (QED) is 0.162. The summed E-state index contributed by atoms with van der Waals surface area (Å²) in [5.74, 6) is 0. The average molecular weight is 917 g/mol. The Bertz CT molecular complexity index is 3890. The smallest absolute Gasteiger partial charge is 0.0535 e. The Morgan fingerprint density at radius 3 is 1.41 bits per heavy atom. The zero-order valence-corrected chi connectivity index (χ0v) is 41.6. The van der Waals surface area contributed by atoms with E-state index in [9.17, 15) is 0 Å². The highest BCUT2D eigenvalue weighted by Gasteiger charge is 2.59. The molecule has 0 radical (unpaired) electrons. The van der Waals surface area contributed by atoms with Crippen molar-refractivity contribution in [2.45, 2.75) is 107 Å². The topological polar surface area (TPSA) is 6.48 Å². The zero-order chi connectivity index (χ0) is 47.4. The van der Waals surface area contributed by atoms with E-state index in [1.54, 1.807) is 0 Å². The van der Waals surface area contributed by atoms with E-state index >= 15 is 0 Å². The van der Waals surface area contributed by atoms with Crippen LogP contribution in [0, 0.1) is 0 Å². The summed E-state index contributed by atoms with van der Waals surface area (Å²) in [6.45, 7) is 10.2. The Hall–Kier alpha value is -7.16. The monoisotopic (exact) mass is 916 g/mol. The lowest BCUT2D eigenvalue weighted by Gasteiger charge is -2.50. The van der Waals surface area contributed by atoms with Crippen LogP contribution in [0.1, 0.15) is 101 Å². The van der Waals surface area contributed by atoms with Crippen molar-refractivity contribution >= 4 is 65.8 Å². The third-order valence-corrected chi connectivity index (χ3v) is 19.8. The molecule has 10 aromatic carbocycles. The summed E-state index contributed by atoms with van der Waals surface area (Å²) in [7, 11) is 0. The van der Waals surface area contributed by atoms with Crippen LogP contribution in [0.3, 0.4) is 0 Å². The van der Waals surface area contributed by atoms with E-state index < -0.39 is 0 Å². The molecule has 71 heavy (non-hydrogen) atoms. The van der Waals surface area contributed by atoms with Gasteiger partial charge in [0.2, 0.25) is 0 Å². The van der Waals surface area contributed by atoms with Crippen molar-refractivity contribution in [3.05, 3.63) is 204 Å². The third kappa shape index (κ3) is 5.38. The average Bonchev–Trinajstić information content (AvgIpc) is 3.98. The van der Waals surface area contributed by atoms with Gasteiger partial charge < -0.3 is 9.80 Å². The number of fused-ring (bicyclic) bond motifs is 18. The second kappa shape index (κ2) is 14.7. The molecule has 2 saturated carbocycles. The van der Waals surface area contributed by atoms with Crippen molar-refractivity contribution in [3.8, 4) is 33.4 Å². The molecule has 2 aliphatic heterocycles. The minimum absolute atomic E-state index is 0.00914. The normalized spacial score (nSPS) is 24.0. The van der Waals surface area contributed by atoms with Gasteiger partial charge in [-0.15, -0.1) is 0 Å². The zero-order valence-electron chi connectivity index (χ0n) is 41.6. The maximum atomic E-state index is 2.74. The van der Waals surface area contributed by atoms with Crippen LogP contribution in [-0.2, 0) is 17.3 Å². The standard InChI is InChI=1S/C69H60N2/c1-66-37-13-15-39-68(66,3)70(47-19-7-5-8-20-47)64-56-27-17-25-49(52(56)33-35-61(64)66)44-29-30-46-43-60-54-32-31-45(42-59(54)51-23-11-12-24-55(51)63(60)58(46)41-44)50-26-18-28-57-53(50)34-36-62-65(57)71(48-21-9-6-10-22-48)69(4)40-16-14-38-67(62,69)2/h5-12,17-36,41-42H,13-16,37-40,43H2,1-4H3. The third-order valence-electron chi connectivity index (χ3n) is 19.8. The lowest BCUT2D eigenvalue weighted by atomic mass is 9.61. The van der Waals surface area contributed by atoms with Gasteiger partial charge in [0.05, 0.1) is 22.5 Å². The van der Waals surface area contributed by atoms with Gasteiger partial charge in [-0.25, -0.2) is 0 Å². The van der Waals surface area contributed by atoms with Gasteiger partial charge in [-0.2, -0.15) is 0 Å². The predicted octanol–water partition coefficient (Wildman–Crippen LogP) is 18.7. The second-order valence-corrected chi connectivity index (χ2v) is 22.9. The van der Waals surface area contributed by atoms with Crippen LogP contribution in [0.2, 0.25) is 0 Å². The summed E-state index contributed by atoms with van der Waals surface area (Å²) in [6.07, 6.45) is 10.9. The summed E-state index contributed by atoms with van der Waals surface area (Å²) >= 11 is 0. The SMILES string of the molecule is CC12CCCCC1(C)N(c1ccccc1)c1c2ccc2c(-c3ccc4c(c3)-c3c(c5ccc(-c6cccc7c8c(ccc67)C6(C)CCCCC6(C)N8c6ccccc6)cc5c5ccccc35)C4)cccc12. The minimum Gasteiger partial charge on any atom is -0.334 e. The first kappa shape index (κ1) is 41.6. The molecule has 0 aromatic heterocycles. The number of rotatable bonds is 4. The van der Waals surface area contributed by atoms with E-state index in [2.05, 4.69) is 219 Å². The van der Waals surface area contributed by atoms with E-state index in [-0.39, 0.29) is 21.9 Å². The summed E-state index contributed by atoms with van der Waals surface area (Å²) in [6, 6.07) is 70.4. The van der Waals surface area contributed by atoms with Gasteiger partial charge in [-0.05, 0) is 170 Å². The maximum Gasteiger partial charge on any atom is 0.0535 e. The van der Waals surface area contributed by atoms with Crippen LogP contribution in [0.15, 0.2) is 182 Å². The minimum atomic E-state index is 0.00914. The molecule has 0 spiro atoms. The van der Waals surface area contributed by atoms with Crippen LogP contribution in [0.5, 0.6) is 0 Å². The van der Waals surface area contributed by atoms with Gasteiger partial charge in [0.25, 0.3) is 0 Å². The first-order chi connectivity index (χ1) is 34.7. The Balaban J connectivity index is 0.868. The molecule has 2 heteroatoms. The number of anilines is 4. The molecule has 4 atom stereocenters.